The van der Waals surface area contributed by atoms with E-state index < -0.39 is 24.3 Å². The lowest BCUT2D eigenvalue weighted by atomic mass is 9.98. The van der Waals surface area contributed by atoms with Gasteiger partial charge in [-0.25, -0.2) is 14.6 Å². The van der Waals surface area contributed by atoms with Crippen LogP contribution in [0.25, 0.3) is 0 Å². The molecule has 4 rings (SSSR count). The lowest BCUT2D eigenvalue weighted by Crippen LogP contribution is -2.33. The molecule has 2 fully saturated rings. The second-order valence-corrected chi connectivity index (χ2v) is 8.60. The van der Waals surface area contributed by atoms with E-state index in [1.54, 1.807) is 23.7 Å². The maximum absolute atomic E-state index is 10.6. The fraction of sp³-hybridized carbons (Fsp3) is 0.500. The van der Waals surface area contributed by atoms with Gasteiger partial charge in [0.25, 0.3) is 0 Å². The number of alkyl halides is 6. The van der Waals surface area contributed by atoms with Gasteiger partial charge in [0.15, 0.2) is 0 Å². The van der Waals surface area contributed by atoms with E-state index in [-0.39, 0.29) is 11.7 Å². The summed E-state index contributed by atoms with van der Waals surface area (Å²) < 4.78 is 75.6. The van der Waals surface area contributed by atoms with Crippen LogP contribution in [0.3, 0.4) is 0 Å². The standard InChI is InChI=1S/C16H19N3O2S.2C2HF3O2/c1-2-13(9-17-4-1)21-14-8-16(20-11-14)3-6-19(12-16)10-15-18-5-7-22-15;2*3-2(4,5)1(6)7/h1-2,4-5,7,9,14H,3,6,8,10-12H2;2*(H,6,7)/t14-,16+;;/m1../s1. The summed E-state index contributed by atoms with van der Waals surface area (Å²) >= 11 is 1.72. The van der Waals surface area contributed by atoms with E-state index in [0.29, 0.717) is 6.61 Å². The predicted octanol–water partition coefficient (Wildman–Crippen LogP) is 3.62. The Morgan fingerprint density at radius 3 is 2.31 bits per heavy atom. The molecule has 2 aromatic heterocycles. The summed E-state index contributed by atoms with van der Waals surface area (Å²) in [5.41, 5.74) is -0.0376. The summed E-state index contributed by atoms with van der Waals surface area (Å²) in [6.07, 6.45) is -2.62. The van der Waals surface area contributed by atoms with Gasteiger partial charge in [-0.05, 0) is 18.6 Å². The molecule has 16 heteroatoms. The average molecular weight is 545 g/mol. The minimum absolute atomic E-state index is 0.0376. The van der Waals surface area contributed by atoms with E-state index in [0.717, 1.165) is 38.2 Å². The van der Waals surface area contributed by atoms with Crippen molar-refractivity contribution in [3.8, 4) is 5.75 Å². The van der Waals surface area contributed by atoms with E-state index in [2.05, 4.69) is 14.9 Å². The second-order valence-electron chi connectivity index (χ2n) is 7.62. The molecule has 0 unspecified atom stereocenters. The maximum atomic E-state index is 10.6. The second kappa shape index (κ2) is 12.3. The fourth-order valence-electron chi connectivity index (χ4n) is 3.36. The average Bonchev–Trinajstić information content (AvgIpc) is 3.52. The molecule has 200 valence electrons. The zero-order chi connectivity index (χ0) is 27.0. The zero-order valence-electron chi connectivity index (χ0n) is 18.3. The summed E-state index contributed by atoms with van der Waals surface area (Å²) in [5.74, 6) is -4.69. The van der Waals surface area contributed by atoms with Crippen LogP contribution >= 0.6 is 11.3 Å². The maximum Gasteiger partial charge on any atom is 0.490 e. The van der Waals surface area contributed by atoms with Crippen molar-refractivity contribution in [1.29, 1.82) is 0 Å². The summed E-state index contributed by atoms with van der Waals surface area (Å²) in [4.78, 5) is 28.7. The number of likely N-dealkylation sites (tertiary alicyclic amines) is 1. The number of carbonyl (C=O) groups is 2. The Bertz CT molecular complexity index is 953. The summed E-state index contributed by atoms with van der Waals surface area (Å²) in [6, 6.07) is 3.84. The van der Waals surface area contributed by atoms with E-state index in [1.807, 2.05) is 23.7 Å². The molecule has 0 aromatic carbocycles. The van der Waals surface area contributed by atoms with E-state index in [9.17, 15) is 26.3 Å². The lowest BCUT2D eigenvalue weighted by molar-refractivity contribution is -0.193. The number of ether oxygens (including phenoxy) is 2. The first-order chi connectivity index (χ1) is 16.7. The van der Waals surface area contributed by atoms with Crippen LogP contribution in [0.2, 0.25) is 0 Å². The molecule has 9 nitrogen and oxygen atoms in total. The van der Waals surface area contributed by atoms with Crippen molar-refractivity contribution in [1.82, 2.24) is 14.9 Å². The first-order valence-electron chi connectivity index (χ1n) is 10.1. The number of halogens is 6. The molecular formula is C20H21F6N3O6S. The Labute approximate surface area is 204 Å². The molecule has 2 aliphatic rings. The number of aliphatic carboxylic acids is 2. The third kappa shape index (κ3) is 9.58. The van der Waals surface area contributed by atoms with Crippen molar-refractivity contribution in [2.75, 3.05) is 19.7 Å². The van der Waals surface area contributed by atoms with Crippen LogP contribution in [-0.4, -0.2) is 80.8 Å². The molecule has 2 saturated heterocycles. The number of carboxylic acid groups (broad SMARTS) is 2. The summed E-state index contributed by atoms with van der Waals surface area (Å²) in [5, 5.41) is 17.5. The third-order valence-corrected chi connectivity index (χ3v) is 5.60. The van der Waals surface area contributed by atoms with Gasteiger partial charge in [-0.3, -0.25) is 9.88 Å². The quantitative estimate of drug-likeness (QED) is 0.555. The Kier molecular flexibility index (Phi) is 10.0. The molecule has 0 aliphatic carbocycles. The molecule has 0 saturated carbocycles. The van der Waals surface area contributed by atoms with Crippen molar-refractivity contribution in [2.24, 2.45) is 0 Å². The highest BCUT2D eigenvalue weighted by molar-refractivity contribution is 7.09. The van der Waals surface area contributed by atoms with Gasteiger partial charge in [0.05, 0.1) is 24.9 Å². The molecule has 36 heavy (non-hydrogen) atoms. The van der Waals surface area contributed by atoms with Gasteiger partial charge < -0.3 is 19.7 Å². The molecule has 2 N–H and O–H groups in total. The van der Waals surface area contributed by atoms with E-state index >= 15 is 0 Å². The monoisotopic (exact) mass is 545 g/mol. The largest absolute Gasteiger partial charge is 0.490 e. The van der Waals surface area contributed by atoms with Crippen LogP contribution in [-0.2, 0) is 20.9 Å². The smallest absolute Gasteiger partial charge is 0.486 e. The number of aromatic nitrogens is 2. The van der Waals surface area contributed by atoms with Crippen molar-refractivity contribution < 1.29 is 55.6 Å². The number of thiazole rings is 1. The third-order valence-electron chi connectivity index (χ3n) is 4.83. The van der Waals surface area contributed by atoms with Crippen LogP contribution in [0.4, 0.5) is 26.3 Å². The topological polar surface area (TPSA) is 122 Å². The Balaban J connectivity index is 0.000000271. The first kappa shape index (κ1) is 29.3. The van der Waals surface area contributed by atoms with Crippen LogP contribution in [0.1, 0.15) is 17.8 Å². The zero-order valence-corrected chi connectivity index (χ0v) is 19.1. The minimum Gasteiger partial charge on any atom is -0.486 e. The molecule has 0 radical (unpaired) electrons. The van der Waals surface area contributed by atoms with Crippen molar-refractivity contribution >= 4 is 23.3 Å². The normalized spacial score (nSPS) is 21.8. The molecule has 0 bridgehead atoms. The highest BCUT2D eigenvalue weighted by Crippen LogP contribution is 2.37. The molecule has 1 spiro atoms. The van der Waals surface area contributed by atoms with Crippen LogP contribution in [0.15, 0.2) is 36.1 Å². The molecule has 2 aliphatic heterocycles. The Morgan fingerprint density at radius 1 is 1.17 bits per heavy atom. The highest BCUT2D eigenvalue weighted by atomic mass is 32.1. The van der Waals surface area contributed by atoms with Gasteiger partial charge in [0, 0.05) is 37.3 Å². The van der Waals surface area contributed by atoms with Gasteiger partial charge in [-0.2, -0.15) is 26.3 Å². The molecule has 2 aromatic rings. The summed E-state index contributed by atoms with van der Waals surface area (Å²) in [7, 11) is 0. The number of pyridine rings is 1. The number of nitrogens with zero attached hydrogens (tertiary/aromatic N) is 3. The fourth-order valence-corrected chi connectivity index (χ4v) is 4.01. The van der Waals surface area contributed by atoms with Crippen molar-refractivity contribution in [2.45, 2.75) is 43.4 Å². The van der Waals surface area contributed by atoms with Crippen LogP contribution < -0.4 is 4.74 Å². The van der Waals surface area contributed by atoms with Gasteiger partial charge in [-0.1, -0.05) is 0 Å². The lowest BCUT2D eigenvalue weighted by Gasteiger charge is -2.23. The summed E-state index contributed by atoms with van der Waals surface area (Å²) in [6.45, 7) is 3.63. The highest BCUT2D eigenvalue weighted by Gasteiger charge is 2.46. The van der Waals surface area contributed by atoms with Gasteiger partial charge in [0.1, 0.15) is 16.9 Å². The van der Waals surface area contributed by atoms with Crippen molar-refractivity contribution in [3.05, 3.63) is 41.1 Å². The van der Waals surface area contributed by atoms with Gasteiger partial charge in [0.2, 0.25) is 0 Å². The van der Waals surface area contributed by atoms with Gasteiger partial charge >= 0.3 is 24.3 Å². The number of hydrogen-bond acceptors (Lipinski definition) is 8. The molecule has 0 amide bonds. The van der Waals surface area contributed by atoms with Crippen LogP contribution in [0.5, 0.6) is 5.75 Å². The minimum atomic E-state index is -5.08. The number of carboxylic acids is 2. The molecule has 2 atom stereocenters. The number of hydrogen-bond donors (Lipinski definition) is 2. The van der Waals surface area contributed by atoms with E-state index in [1.165, 1.54) is 5.01 Å². The number of rotatable bonds is 4. The Hall–Kier alpha value is -2.98. The van der Waals surface area contributed by atoms with Crippen molar-refractivity contribution in [3.63, 3.8) is 0 Å². The van der Waals surface area contributed by atoms with Gasteiger partial charge in [-0.15, -0.1) is 11.3 Å². The SMILES string of the molecule is O=C(O)C(F)(F)F.O=C(O)C(F)(F)F.c1cncc(O[C@H]2CO[C@@]3(CCN(Cc4nccs4)C3)C2)c1. The first-order valence-corrected chi connectivity index (χ1v) is 11.0. The predicted molar refractivity (Wildman–Crippen MR) is 111 cm³/mol. The van der Waals surface area contributed by atoms with E-state index in [4.69, 9.17) is 29.3 Å². The van der Waals surface area contributed by atoms with Crippen LogP contribution in [0, 0.1) is 0 Å². The Morgan fingerprint density at radius 2 is 1.81 bits per heavy atom. The molecule has 4 heterocycles. The molecular weight excluding hydrogens is 524 g/mol.